The van der Waals surface area contributed by atoms with Gasteiger partial charge in [0.25, 0.3) is 0 Å². The molecule has 12 aromatic rings. The number of para-hydroxylation sites is 4. The van der Waals surface area contributed by atoms with Gasteiger partial charge in [0, 0.05) is 58.7 Å². The largest absolute Gasteiger partial charge is 0.279 e. The van der Waals surface area contributed by atoms with Crippen LogP contribution in [0.1, 0.15) is 36.8 Å². The lowest BCUT2D eigenvalue weighted by atomic mass is 9.79. The Kier molecular flexibility index (Phi) is 11.0. The van der Waals surface area contributed by atoms with Crippen LogP contribution >= 0.6 is 0 Å². The van der Waals surface area contributed by atoms with Gasteiger partial charge in [-0.05, 0) is 138 Å². The Balaban J connectivity index is 1.05. The van der Waals surface area contributed by atoms with Crippen LogP contribution in [0.15, 0.2) is 243 Å². The van der Waals surface area contributed by atoms with Crippen molar-refractivity contribution in [3.63, 3.8) is 0 Å². The van der Waals surface area contributed by atoms with Crippen LogP contribution in [0.5, 0.6) is 0 Å². The Bertz CT molecular complexity index is 3710. The highest BCUT2D eigenvalue weighted by atomic mass is 15.3. The van der Waals surface area contributed by atoms with E-state index in [0.717, 1.165) is 61.2 Å². The van der Waals surface area contributed by atoms with Gasteiger partial charge in [-0.1, -0.05) is 172 Å². The molecule has 0 aliphatic heterocycles. The molecule has 0 radical (unpaired) electrons. The van der Waals surface area contributed by atoms with Gasteiger partial charge in [0.2, 0.25) is 11.9 Å². The first-order valence-corrected chi connectivity index (χ1v) is 23.9. The van der Waals surface area contributed by atoms with E-state index in [-0.39, 0.29) is 11.8 Å². The second-order valence-corrected chi connectivity index (χ2v) is 18.0. The number of nitrogens with zero attached hydrogens (tertiary/aromatic N) is 6. The molecule has 0 spiro atoms. The summed E-state index contributed by atoms with van der Waals surface area (Å²) in [7, 11) is 0. The number of hydrogen-bond donors (Lipinski definition) is 0. The van der Waals surface area contributed by atoms with E-state index in [1.165, 1.54) is 38.1 Å². The third kappa shape index (κ3) is 7.75. The summed E-state index contributed by atoms with van der Waals surface area (Å²) in [5.74, 6) is 1.59. The number of benzene rings is 10. The van der Waals surface area contributed by atoms with Gasteiger partial charge in [-0.2, -0.15) is 0 Å². The normalized spacial score (nSPS) is 12.3. The molecule has 0 fully saturated rings. The summed E-state index contributed by atoms with van der Waals surface area (Å²) in [6, 6.07) is 77.0. The Morgan fingerprint density at radius 3 is 1.27 bits per heavy atom. The lowest BCUT2D eigenvalue weighted by molar-refractivity contribution is 0.628. The Labute approximate surface area is 407 Å². The lowest BCUT2D eigenvalue weighted by Gasteiger charge is -2.25. The number of fused-ring (bicyclic) bond motifs is 6. The molecule has 10 aromatic carbocycles. The summed E-state index contributed by atoms with van der Waals surface area (Å²) in [6.07, 6.45) is 7.89. The summed E-state index contributed by atoms with van der Waals surface area (Å²) in [6.45, 7) is 4.75. The Hall–Kier alpha value is -9.00. The summed E-state index contributed by atoms with van der Waals surface area (Å²) >= 11 is 0. The molecule has 0 aliphatic rings. The van der Waals surface area contributed by atoms with Crippen LogP contribution in [0.3, 0.4) is 0 Å². The fourth-order valence-electron chi connectivity index (χ4n) is 10.2. The molecule has 2 unspecified atom stereocenters. The molecule has 0 saturated heterocycles. The predicted octanol–water partition coefficient (Wildman–Crippen LogP) is 17.1. The van der Waals surface area contributed by atoms with Crippen molar-refractivity contribution < 1.29 is 0 Å². The van der Waals surface area contributed by atoms with Gasteiger partial charge in [-0.3, -0.25) is 9.80 Å². The molecule has 0 aliphatic carbocycles. The zero-order valence-corrected chi connectivity index (χ0v) is 38.9. The van der Waals surface area contributed by atoms with Crippen LogP contribution < -0.4 is 9.80 Å². The van der Waals surface area contributed by atoms with E-state index >= 15 is 0 Å². The van der Waals surface area contributed by atoms with Gasteiger partial charge in [-0.25, -0.2) is 19.9 Å². The first-order valence-electron chi connectivity index (χ1n) is 23.9. The monoisotopic (exact) mass is 900 g/mol. The summed E-state index contributed by atoms with van der Waals surface area (Å²) in [5, 5.41) is 9.57. The molecule has 2 aromatic heterocycles. The predicted molar refractivity (Wildman–Crippen MR) is 291 cm³/mol. The quantitative estimate of drug-likeness (QED) is 0.121. The van der Waals surface area contributed by atoms with Crippen LogP contribution in [0, 0.1) is 0 Å². The van der Waals surface area contributed by atoms with Gasteiger partial charge in [0.15, 0.2) is 0 Å². The van der Waals surface area contributed by atoms with Crippen LogP contribution in [0.25, 0.3) is 65.3 Å². The van der Waals surface area contributed by atoms with Crippen LogP contribution in [-0.2, 0) is 0 Å². The standard InChI is InChI=1S/C64H48N6/c1-43(46-35-34-45-20-15-16-21-47(45)36-46)44(2)55-32-19-33-58-60(50-41-67-64(68-42-50)70(53-26-11-5-12-27-53)54-28-13-6-14-29-54)38-48-37-59(56-30-17-18-31-57(56)61(48)62(55)58)49-39-65-63(66-40-49)69(51-22-7-3-8-23-51)52-24-9-4-10-25-52/h3-44H,1-2H3. The van der Waals surface area contributed by atoms with Crippen molar-refractivity contribution >= 4 is 77.7 Å². The van der Waals surface area contributed by atoms with Crippen molar-refractivity contribution in [2.75, 3.05) is 9.80 Å². The average Bonchev–Trinajstić information content (AvgIpc) is 3.43. The number of hydrogen-bond acceptors (Lipinski definition) is 6. The first kappa shape index (κ1) is 42.4. The van der Waals surface area contributed by atoms with Gasteiger partial charge in [0.1, 0.15) is 0 Å². The molecule has 12 rings (SSSR count). The molecule has 0 bridgehead atoms. The van der Waals surface area contributed by atoms with Gasteiger partial charge in [0.05, 0.1) is 0 Å². The van der Waals surface area contributed by atoms with E-state index in [0.29, 0.717) is 11.9 Å². The molecular formula is C64H48N6. The Morgan fingerprint density at radius 2 is 0.757 bits per heavy atom. The molecule has 334 valence electrons. The zero-order valence-electron chi connectivity index (χ0n) is 38.9. The highest BCUT2D eigenvalue weighted by Crippen LogP contribution is 2.47. The molecule has 70 heavy (non-hydrogen) atoms. The van der Waals surface area contributed by atoms with Crippen molar-refractivity contribution in [1.82, 2.24) is 19.9 Å². The first-order chi connectivity index (χ1) is 34.6. The van der Waals surface area contributed by atoms with E-state index in [2.05, 4.69) is 169 Å². The third-order valence-corrected chi connectivity index (χ3v) is 13.9. The smallest absolute Gasteiger partial charge is 0.234 e. The molecule has 0 amide bonds. The van der Waals surface area contributed by atoms with Crippen LogP contribution in [-0.4, -0.2) is 19.9 Å². The topological polar surface area (TPSA) is 58.0 Å². The second-order valence-electron chi connectivity index (χ2n) is 18.0. The molecule has 2 atom stereocenters. The van der Waals surface area contributed by atoms with Crippen molar-refractivity contribution in [2.45, 2.75) is 25.7 Å². The van der Waals surface area contributed by atoms with Crippen molar-refractivity contribution in [3.8, 4) is 22.3 Å². The van der Waals surface area contributed by atoms with Crippen LogP contribution in [0.4, 0.5) is 34.6 Å². The van der Waals surface area contributed by atoms with E-state index in [1.807, 2.05) is 97.6 Å². The highest BCUT2D eigenvalue weighted by Gasteiger charge is 2.24. The number of rotatable bonds is 11. The zero-order chi connectivity index (χ0) is 47.0. The number of anilines is 6. The lowest BCUT2D eigenvalue weighted by Crippen LogP contribution is -2.13. The fourth-order valence-corrected chi connectivity index (χ4v) is 10.2. The SMILES string of the molecule is CC(c1ccc2ccccc2c1)C(C)c1cccc2c(-c3cnc(N(c4ccccc4)c4ccccc4)nc3)cc3cc(-c4cnc(N(c5ccccc5)c5ccccc5)nc4)c4ccccc4c3c12. The summed E-state index contributed by atoms with van der Waals surface area (Å²) < 4.78 is 0. The Morgan fingerprint density at radius 1 is 0.329 bits per heavy atom. The van der Waals surface area contributed by atoms with E-state index in [9.17, 15) is 0 Å². The average molecular weight is 901 g/mol. The molecule has 0 N–H and O–H groups in total. The number of aromatic nitrogens is 4. The second kappa shape index (κ2) is 18.2. The maximum atomic E-state index is 5.12. The summed E-state index contributed by atoms with van der Waals surface area (Å²) in [4.78, 5) is 24.6. The van der Waals surface area contributed by atoms with Gasteiger partial charge in [-0.15, -0.1) is 0 Å². The van der Waals surface area contributed by atoms with E-state index < -0.39 is 0 Å². The third-order valence-electron chi connectivity index (χ3n) is 13.9. The van der Waals surface area contributed by atoms with Gasteiger partial charge >= 0.3 is 0 Å². The van der Waals surface area contributed by atoms with Crippen molar-refractivity contribution in [2.24, 2.45) is 0 Å². The maximum Gasteiger partial charge on any atom is 0.234 e. The molecular weight excluding hydrogens is 853 g/mol. The van der Waals surface area contributed by atoms with Crippen LogP contribution in [0.2, 0.25) is 0 Å². The molecule has 2 heterocycles. The molecule has 6 heteroatoms. The minimum Gasteiger partial charge on any atom is -0.279 e. The highest BCUT2D eigenvalue weighted by molar-refractivity contribution is 6.26. The van der Waals surface area contributed by atoms with E-state index in [1.54, 1.807) is 0 Å². The molecule has 0 saturated carbocycles. The minimum atomic E-state index is 0.170. The van der Waals surface area contributed by atoms with Crippen molar-refractivity contribution in [1.29, 1.82) is 0 Å². The van der Waals surface area contributed by atoms with Gasteiger partial charge < -0.3 is 0 Å². The minimum absolute atomic E-state index is 0.170. The van der Waals surface area contributed by atoms with Crippen molar-refractivity contribution in [3.05, 3.63) is 254 Å². The van der Waals surface area contributed by atoms with E-state index in [4.69, 9.17) is 19.9 Å². The summed E-state index contributed by atoms with van der Waals surface area (Å²) in [5.41, 5.74) is 10.6. The maximum absolute atomic E-state index is 5.12. The molecule has 6 nitrogen and oxygen atoms in total. The fraction of sp³-hybridized carbons (Fsp3) is 0.0625.